The molecule has 1 fully saturated rings. The van der Waals surface area contributed by atoms with Crippen molar-refractivity contribution in [3.63, 3.8) is 0 Å². The van der Waals surface area contributed by atoms with Crippen molar-refractivity contribution < 1.29 is 23.9 Å². The summed E-state index contributed by atoms with van der Waals surface area (Å²) in [5, 5.41) is 0. The van der Waals surface area contributed by atoms with Crippen molar-refractivity contribution in [2.45, 2.75) is 33.2 Å². The second-order valence-corrected chi connectivity index (χ2v) is 7.68. The number of hydrogen-bond donors (Lipinski definition) is 0. The molecule has 158 valence electrons. The molecule has 0 aliphatic carbocycles. The van der Waals surface area contributed by atoms with E-state index >= 15 is 0 Å². The zero-order chi connectivity index (χ0) is 21.7. The lowest BCUT2D eigenvalue weighted by molar-refractivity contribution is -0.139. The van der Waals surface area contributed by atoms with Crippen LogP contribution in [0.2, 0.25) is 0 Å². The summed E-state index contributed by atoms with van der Waals surface area (Å²) in [6.45, 7) is 4.96. The molecule has 0 radical (unpaired) electrons. The lowest BCUT2D eigenvalue weighted by atomic mass is 10.2. The molecule has 2 aromatic rings. The van der Waals surface area contributed by atoms with E-state index in [4.69, 9.17) is 9.47 Å². The van der Waals surface area contributed by atoms with Gasteiger partial charge in [0.2, 0.25) is 0 Å². The molecule has 4 amide bonds. The Kier molecular flexibility index (Phi) is 7.10. The van der Waals surface area contributed by atoms with Crippen LogP contribution in [0.4, 0.5) is 10.5 Å². The molecule has 7 nitrogen and oxygen atoms in total. The average molecular weight is 475 g/mol. The molecule has 1 heterocycles. The van der Waals surface area contributed by atoms with E-state index in [0.29, 0.717) is 24.7 Å². The summed E-state index contributed by atoms with van der Waals surface area (Å²) in [5.41, 5.74) is 1.01. The highest BCUT2D eigenvalue weighted by molar-refractivity contribution is 9.10. The minimum atomic E-state index is -0.888. The Morgan fingerprint density at radius 1 is 0.833 bits per heavy atom. The number of hydrogen-bond acceptors (Lipinski definition) is 5. The van der Waals surface area contributed by atoms with E-state index in [9.17, 15) is 14.4 Å². The largest absolute Gasteiger partial charge is 0.490 e. The van der Waals surface area contributed by atoms with Crippen molar-refractivity contribution in [1.82, 2.24) is 4.90 Å². The van der Waals surface area contributed by atoms with Gasteiger partial charge in [0.15, 0.2) is 11.5 Å². The maximum Gasteiger partial charge on any atom is 0.339 e. The first-order valence-corrected chi connectivity index (χ1v) is 10.6. The molecular weight excluding hydrogens is 452 g/mol. The molecular formula is C22H23BrN2O5. The van der Waals surface area contributed by atoms with Gasteiger partial charge in [0.1, 0.15) is 0 Å². The third-order valence-electron chi connectivity index (χ3n) is 4.42. The quantitative estimate of drug-likeness (QED) is 0.394. The predicted molar refractivity (Wildman–Crippen MR) is 116 cm³/mol. The van der Waals surface area contributed by atoms with Crippen LogP contribution in [0.1, 0.15) is 32.3 Å². The first-order valence-electron chi connectivity index (χ1n) is 9.80. The highest BCUT2D eigenvalue weighted by Gasteiger charge is 2.45. The highest BCUT2D eigenvalue weighted by atomic mass is 79.9. The number of carbonyl (C=O) groups is 3. The van der Waals surface area contributed by atoms with Crippen molar-refractivity contribution in [1.29, 1.82) is 0 Å². The van der Waals surface area contributed by atoms with E-state index in [1.165, 1.54) is 0 Å². The molecule has 3 rings (SSSR count). The maximum absolute atomic E-state index is 12.9. The van der Waals surface area contributed by atoms with E-state index in [0.717, 1.165) is 32.7 Å². The molecule has 1 aliphatic heterocycles. The second-order valence-electron chi connectivity index (χ2n) is 6.77. The van der Waals surface area contributed by atoms with Crippen molar-refractivity contribution in [2.24, 2.45) is 0 Å². The van der Waals surface area contributed by atoms with Gasteiger partial charge in [0.05, 0.1) is 25.4 Å². The van der Waals surface area contributed by atoms with E-state index in [2.05, 4.69) is 15.9 Å². The van der Waals surface area contributed by atoms with Crippen LogP contribution in [-0.4, -0.2) is 36.0 Å². The predicted octanol–water partition coefficient (Wildman–Crippen LogP) is 4.52. The molecule has 0 spiro atoms. The smallest absolute Gasteiger partial charge is 0.339 e. The van der Waals surface area contributed by atoms with Gasteiger partial charge in [-0.2, -0.15) is 0 Å². The number of rotatable bonds is 9. The van der Waals surface area contributed by atoms with Gasteiger partial charge < -0.3 is 9.47 Å². The first-order chi connectivity index (χ1) is 14.5. The summed E-state index contributed by atoms with van der Waals surface area (Å²) in [6.07, 6.45) is 1.62. The van der Waals surface area contributed by atoms with Gasteiger partial charge in [-0.05, 0) is 42.7 Å². The van der Waals surface area contributed by atoms with Crippen LogP contribution in [0.3, 0.4) is 0 Å². The molecule has 0 bridgehead atoms. The molecule has 1 aliphatic rings. The summed E-state index contributed by atoms with van der Waals surface area (Å²) >= 11 is 3.35. The number of urea groups is 1. The molecule has 8 heteroatoms. The fraction of sp³-hybridized carbons (Fsp3) is 0.318. The lowest BCUT2D eigenvalue weighted by Crippen LogP contribution is -2.33. The molecule has 2 aromatic carbocycles. The van der Waals surface area contributed by atoms with Gasteiger partial charge in [-0.25, -0.2) is 9.69 Å². The van der Waals surface area contributed by atoms with E-state index in [1.54, 1.807) is 30.3 Å². The number of halogens is 1. The Morgan fingerprint density at radius 3 is 2.10 bits per heavy atom. The maximum atomic E-state index is 12.9. The fourth-order valence-electron chi connectivity index (χ4n) is 2.94. The second kappa shape index (κ2) is 9.75. The van der Waals surface area contributed by atoms with Gasteiger partial charge in [-0.3, -0.25) is 14.5 Å². The van der Waals surface area contributed by atoms with E-state index < -0.39 is 17.8 Å². The number of ether oxygens (including phenoxy) is 2. The van der Waals surface area contributed by atoms with Gasteiger partial charge in [0, 0.05) is 10.5 Å². The van der Waals surface area contributed by atoms with Crippen LogP contribution in [0.25, 0.3) is 0 Å². The number of carbonyl (C=O) groups excluding carboxylic acids is 3. The topological polar surface area (TPSA) is 76.2 Å². The Hall–Kier alpha value is -2.87. The van der Waals surface area contributed by atoms with Gasteiger partial charge in [0.25, 0.3) is 0 Å². The number of amides is 4. The Balaban J connectivity index is 1.86. The Morgan fingerprint density at radius 2 is 1.47 bits per heavy atom. The van der Waals surface area contributed by atoms with Crippen LogP contribution >= 0.6 is 15.9 Å². The summed E-state index contributed by atoms with van der Waals surface area (Å²) < 4.78 is 12.3. The molecule has 0 N–H and O–H groups in total. The van der Waals surface area contributed by atoms with Gasteiger partial charge >= 0.3 is 17.8 Å². The highest BCUT2D eigenvalue weighted by Crippen LogP contribution is 2.34. The molecule has 1 saturated heterocycles. The third kappa shape index (κ3) is 4.64. The molecule has 0 atom stereocenters. The summed E-state index contributed by atoms with van der Waals surface area (Å²) in [5.74, 6) is -0.778. The van der Waals surface area contributed by atoms with Crippen LogP contribution in [0, 0.1) is 0 Å². The average Bonchev–Trinajstić information content (AvgIpc) is 2.95. The number of benzene rings is 2. The molecule has 0 unspecified atom stereocenters. The third-order valence-corrected chi connectivity index (χ3v) is 4.94. The monoisotopic (exact) mass is 474 g/mol. The van der Waals surface area contributed by atoms with Crippen molar-refractivity contribution in [3.05, 3.63) is 52.5 Å². The number of imide groups is 2. The SMILES string of the molecule is CCCOc1ccc(N2C(=O)C(=O)N(Cc3ccc(Br)cc3)C2=O)cc1OCCC. The van der Waals surface area contributed by atoms with Crippen molar-refractivity contribution in [3.8, 4) is 11.5 Å². The van der Waals surface area contributed by atoms with Crippen LogP contribution in [0.5, 0.6) is 11.5 Å². The molecule has 30 heavy (non-hydrogen) atoms. The zero-order valence-electron chi connectivity index (χ0n) is 16.9. The Labute approximate surface area is 183 Å². The van der Waals surface area contributed by atoms with Gasteiger partial charge in [-0.1, -0.05) is 41.9 Å². The molecule has 0 saturated carbocycles. The summed E-state index contributed by atoms with van der Waals surface area (Å²) in [6, 6.07) is 11.3. The minimum Gasteiger partial charge on any atom is -0.490 e. The molecule has 0 aromatic heterocycles. The lowest BCUT2D eigenvalue weighted by Gasteiger charge is -2.18. The first kappa shape index (κ1) is 21.8. The van der Waals surface area contributed by atoms with E-state index in [-0.39, 0.29) is 12.2 Å². The Bertz CT molecular complexity index is 945. The standard InChI is InChI=1S/C22H23BrN2O5/c1-3-11-29-18-10-9-17(13-19(18)30-12-4-2)25-21(27)20(26)24(22(25)28)14-15-5-7-16(23)8-6-15/h5-10,13H,3-4,11-12,14H2,1-2H3. The normalized spacial score (nSPS) is 13.9. The fourth-order valence-corrected chi connectivity index (χ4v) is 3.20. The summed E-state index contributed by atoms with van der Waals surface area (Å²) in [4.78, 5) is 39.8. The van der Waals surface area contributed by atoms with E-state index in [1.807, 2.05) is 26.0 Å². The summed E-state index contributed by atoms with van der Waals surface area (Å²) in [7, 11) is 0. The number of nitrogens with zero attached hydrogens (tertiary/aromatic N) is 2. The van der Waals surface area contributed by atoms with Crippen molar-refractivity contribution >= 4 is 39.5 Å². The zero-order valence-corrected chi connectivity index (χ0v) is 18.5. The van der Waals surface area contributed by atoms with Crippen LogP contribution in [-0.2, 0) is 16.1 Å². The van der Waals surface area contributed by atoms with Crippen molar-refractivity contribution in [2.75, 3.05) is 18.1 Å². The van der Waals surface area contributed by atoms with Crippen LogP contribution < -0.4 is 14.4 Å². The van der Waals surface area contributed by atoms with Gasteiger partial charge in [-0.15, -0.1) is 0 Å². The van der Waals surface area contributed by atoms with Crippen LogP contribution in [0.15, 0.2) is 46.9 Å². The minimum absolute atomic E-state index is 0.0179. The number of anilines is 1.